The zero-order valence-corrected chi connectivity index (χ0v) is 9.28. The van der Waals surface area contributed by atoms with Crippen LogP contribution in [-0.4, -0.2) is 0 Å². The molecule has 72 valence electrons. The highest BCUT2D eigenvalue weighted by Gasteiger charge is 2.26. The first-order chi connectivity index (χ1) is 6.00. The Morgan fingerprint density at radius 1 is 1.31 bits per heavy atom. The summed E-state index contributed by atoms with van der Waals surface area (Å²) in [6.45, 7) is 12.9. The van der Waals surface area contributed by atoms with Crippen LogP contribution in [0.3, 0.4) is 0 Å². The average molecular weight is 176 g/mol. The fourth-order valence-electron chi connectivity index (χ4n) is 2.11. The van der Waals surface area contributed by atoms with Gasteiger partial charge in [-0.05, 0) is 48.8 Å². The maximum Gasteiger partial charge on any atom is -0.0222 e. The minimum atomic E-state index is 0.408. The second-order valence-corrected chi connectivity index (χ2v) is 4.69. The first-order valence-electron chi connectivity index (χ1n) is 4.98. The zero-order chi connectivity index (χ0) is 10.1. The summed E-state index contributed by atoms with van der Waals surface area (Å²) in [6.07, 6.45) is 6.62. The highest BCUT2D eigenvalue weighted by molar-refractivity contribution is 5.42. The molecule has 0 bridgehead atoms. The van der Waals surface area contributed by atoms with E-state index in [0.717, 1.165) is 0 Å². The van der Waals surface area contributed by atoms with Crippen molar-refractivity contribution in [3.05, 3.63) is 35.5 Å². The molecule has 1 aliphatic carbocycles. The molecule has 13 heavy (non-hydrogen) atoms. The summed E-state index contributed by atoms with van der Waals surface area (Å²) < 4.78 is 0. The molecule has 0 amide bonds. The van der Waals surface area contributed by atoms with Gasteiger partial charge in [0.1, 0.15) is 0 Å². The molecule has 0 nitrogen and oxygen atoms in total. The molecule has 0 aliphatic heterocycles. The molecule has 0 heterocycles. The third-order valence-electron chi connectivity index (χ3n) is 2.90. The van der Waals surface area contributed by atoms with E-state index in [0.29, 0.717) is 5.41 Å². The number of hydrogen-bond donors (Lipinski definition) is 0. The molecule has 0 aromatic rings. The van der Waals surface area contributed by atoms with E-state index in [1.54, 1.807) is 0 Å². The molecule has 0 unspecified atom stereocenters. The molecule has 0 saturated heterocycles. The van der Waals surface area contributed by atoms with Crippen LogP contribution < -0.4 is 0 Å². The highest BCUT2D eigenvalue weighted by atomic mass is 14.3. The van der Waals surface area contributed by atoms with Crippen LogP contribution in [0.25, 0.3) is 0 Å². The van der Waals surface area contributed by atoms with Crippen LogP contribution in [0, 0.1) is 5.41 Å². The third kappa shape index (κ3) is 2.12. The summed E-state index contributed by atoms with van der Waals surface area (Å²) in [4.78, 5) is 0. The van der Waals surface area contributed by atoms with E-state index in [4.69, 9.17) is 0 Å². The Balaban J connectivity index is 3.11. The van der Waals surface area contributed by atoms with E-state index in [2.05, 4.69) is 40.3 Å². The van der Waals surface area contributed by atoms with Crippen molar-refractivity contribution in [2.24, 2.45) is 5.41 Å². The van der Waals surface area contributed by atoms with E-state index < -0.39 is 0 Å². The van der Waals surface area contributed by atoms with Gasteiger partial charge in [0, 0.05) is 0 Å². The van der Waals surface area contributed by atoms with Crippen molar-refractivity contribution in [1.29, 1.82) is 0 Å². The quantitative estimate of drug-likeness (QED) is 0.560. The van der Waals surface area contributed by atoms with Gasteiger partial charge in [-0.15, -0.1) is 0 Å². The van der Waals surface area contributed by atoms with Crippen LogP contribution in [0.4, 0.5) is 0 Å². The molecule has 0 fully saturated rings. The highest BCUT2D eigenvalue weighted by Crippen LogP contribution is 2.41. The molecule has 0 N–H and O–H groups in total. The van der Waals surface area contributed by atoms with Gasteiger partial charge >= 0.3 is 0 Å². The Kier molecular flexibility index (Phi) is 2.80. The number of rotatable bonds is 1. The van der Waals surface area contributed by atoms with E-state index in [9.17, 15) is 0 Å². The van der Waals surface area contributed by atoms with Crippen LogP contribution in [-0.2, 0) is 0 Å². The second-order valence-electron chi connectivity index (χ2n) is 4.69. The molecular formula is C13H20. The van der Waals surface area contributed by atoms with Gasteiger partial charge in [0.2, 0.25) is 0 Å². The predicted molar refractivity (Wildman–Crippen MR) is 59.7 cm³/mol. The second kappa shape index (κ2) is 3.53. The van der Waals surface area contributed by atoms with Gasteiger partial charge in [-0.2, -0.15) is 0 Å². The summed E-state index contributed by atoms with van der Waals surface area (Å²) >= 11 is 0. The van der Waals surface area contributed by atoms with Crippen molar-refractivity contribution in [1.82, 2.24) is 0 Å². The van der Waals surface area contributed by atoms with Crippen molar-refractivity contribution in [2.75, 3.05) is 0 Å². The summed E-state index contributed by atoms with van der Waals surface area (Å²) in [5.74, 6) is 0. The molecule has 0 spiro atoms. The molecule has 0 heteroatoms. The van der Waals surface area contributed by atoms with Gasteiger partial charge in [-0.25, -0.2) is 0 Å². The smallest absolute Gasteiger partial charge is 0.0222 e. The normalized spacial score (nSPS) is 25.1. The minimum absolute atomic E-state index is 0.408. The molecule has 0 aromatic carbocycles. The maximum atomic E-state index is 3.88. The Bertz CT molecular complexity index is 274. The lowest BCUT2D eigenvalue weighted by Crippen LogP contribution is -2.18. The molecule has 0 aromatic heterocycles. The van der Waals surface area contributed by atoms with E-state index >= 15 is 0 Å². The third-order valence-corrected chi connectivity index (χ3v) is 2.90. The van der Waals surface area contributed by atoms with Crippen molar-refractivity contribution >= 4 is 0 Å². The number of allylic oxidation sites excluding steroid dienone is 5. The van der Waals surface area contributed by atoms with Gasteiger partial charge in [-0.1, -0.05) is 32.6 Å². The Morgan fingerprint density at radius 2 is 1.92 bits per heavy atom. The average Bonchev–Trinajstić information content (AvgIpc) is 2.08. The van der Waals surface area contributed by atoms with E-state index in [1.807, 2.05) is 6.08 Å². The lowest BCUT2D eigenvalue weighted by atomic mass is 9.72. The standard InChI is InChI=1S/C13H20/c1-6-11-8-13(4,5)9-12(7-2)10(11)3/h6-7H,1,8-9H2,2-5H3/b12-7+. The topological polar surface area (TPSA) is 0 Å². The van der Waals surface area contributed by atoms with Crippen LogP contribution in [0.15, 0.2) is 35.5 Å². The van der Waals surface area contributed by atoms with Crippen LogP contribution >= 0.6 is 0 Å². The summed E-state index contributed by atoms with van der Waals surface area (Å²) in [5.41, 5.74) is 4.76. The van der Waals surface area contributed by atoms with Gasteiger partial charge in [0.05, 0.1) is 0 Å². The molecule has 1 rings (SSSR count). The first-order valence-corrected chi connectivity index (χ1v) is 4.98. The van der Waals surface area contributed by atoms with Gasteiger partial charge < -0.3 is 0 Å². The monoisotopic (exact) mass is 176 g/mol. The molecular weight excluding hydrogens is 156 g/mol. The summed E-state index contributed by atoms with van der Waals surface area (Å²) in [5, 5.41) is 0. The maximum absolute atomic E-state index is 3.88. The number of hydrogen-bond acceptors (Lipinski definition) is 0. The summed E-state index contributed by atoms with van der Waals surface area (Å²) in [7, 11) is 0. The molecule has 0 radical (unpaired) electrons. The first kappa shape index (κ1) is 10.3. The van der Waals surface area contributed by atoms with Crippen LogP contribution in [0.5, 0.6) is 0 Å². The van der Waals surface area contributed by atoms with Crippen LogP contribution in [0.2, 0.25) is 0 Å². The van der Waals surface area contributed by atoms with Crippen molar-refractivity contribution < 1.29 is 0 Å². The van der Waals surface area contributed by atoms with Crippen molar-refractivity contribution in [3.63, 3.8) is 0 Å². The SMILES string of the molecule is C=CC1=C(C)/C(=C/C)CC(C)(C)C1. The summed E-state index contributed by atoms with van der Waals surface area (Å²) in [6, 6.07) is 0. The van der Waals surface area contributed by atoms with Gasteiger partial charge in [0.25, 0.3) is 0 Å². The largest absolute Gasteiger partial charge is 0.0988 e. The Hall–Kier alpha value is -0.780. The molecule has 0 saturated carbocycles. The van der Waals surface area contributed by atoms with Gasteiger partial charge in [-0.3, -0.25) is 0 Å². The fourth-order valence-corrected chi connectivity index (χ4v) is 2.11. The zero-order valence-electron chi connectivity index (χ0n) is 9.28. The van der Waals surface area contributed by atoms with E-state index in [1.165, 1.54) is 29.6 Å². The van der Waals surface area contributed by atoms with E-state index in [-0.39, 0.29) is 0 Å². The minimum Gasteiger partial charge on any atom is -0.0988 e. The fraction of sp³-hybridized carbons (Fsp3) is 0.538. The van der Waals surface area contributed by atoms with Crippen molar-refractivity contribution in [2.45, 2.75) is 40.5 Å². The predicted octanol–water partition coefficient (Wildman–Crippen LogP) is 4.26. The van der Waals surface area contributed by atoms with Crippen LogP contribution in [0.1, 0.15) is 40.5 Å². The molecule has 1 aliphatic rings. The van der Waals surface area contributed by atoms with Crippen molar-refractivity contribution in [3.8, 4) is 0 Å². The Labute approximate surface area is 82.0 Å². The Morgan fingerprint density at radius 3 is 2.38 bits per heavy atom. The van der Waals surface area contributed by atoms with Gasteiger partial charge in [0.15, 0.2) is 0 Å². The lowest BCUT2D eigenvalue weighted by molar-refractivity contribution is 0.351. The lowest BCUT2D eigenvalue weighted by Gasteiger charge is -2.33. The molecule has 0 atom stereocenters.